The average molecular weight is 485 g/mol. The molecule has 3 nitrogen and oxygen atoms in total. The zero-order valence-electron chi connectivity index (χ0n) is 21.3. The molecular weight excluding hydrogens is 444 g/mol. The van der Waals surface area contributed by atoms with Crippen molar-refractivity contribution in [3.63, 3.8) is 0 Å². The summed E-state index contributed by atoms with van der Waals surface area (Å²) >= 11 is 6.56. The van der Waals surface area contributed by atoms with E-state index >= 15 is 0 Å². The molecule has 0 aromatic heterocycles. The molecule has 186 valence electrons. The summed E-state index contributed by atoms with van der Waals surface area (Å²) < 4.78 is 6.09. The first kappa shape index (κ1) is 24.5. The molecule has 0 spiro atoms. The standard InChI is InChI=1S/C30H41ClO3/c1-5-29(20(2)32)16-14-25-23-12-11-22-19-30(33,34-26(31)21-9-7-6-8-10-21)18-17-27(22,3)24(23)13-15-28(25,29)4/h6-11,23-26,33H,5,12-19H2,1-4H3/t23-,24+,25+,26?,27+,28+,29-,30?/m1/s1. The lowest BCUT2D eigenvalue weighted by Gasteiger charge is -2.60. The highest BCUT2D eigenvalue weighted by Crippen LogP contribution is 2.70. The van der Waals surface area contributed by atoms with Crippen LogP contribution >= 0.6 is 11.6 Å². The molecule has 0 amide bonds. The minimum atomic E-state index is -1.22. The van der Waals surface area contributed by atoms with Gasteiger partial charge in [-0.3, -0.25) is 4.79 Å². The van der Waals surface area contributed by atoms with Gasteiger partial charge in [0, 0.05) is 18.3 Å². The minimum absolute atomic E-state index is 0.0993. The van der Waals surface area contributed by atoms with E-state index in [9.17, 15) is 9.90 Å². The van der Waals surface area contributed by atoms with Crippen molar-refractivity contribution in [2.75, 3.05) is 0 Å². The summed E-state index contributed by atoms with van der Waals surface area (Å²) in [6.45, 7) is 8.93. The van der Waals surface area contributed by atoms with Crippen molar-refractivity contribution in [2.24, 2.45) is 34.0 Å². The third kappa shape index (κ3) is 3.48. The van der Waals surface area contributed by atoms with Crippen LogP contribution < -0.4 is 0 Å². The molecule has 2 unspecified atom stereocenters. The molecule has 0 aliphatic heterocycles. The van der Waals surface area contributed by atoms with Crippen molar-refractivity contribution >= 4 is 17.4 Å². The van der Waals surface area contributed by atoms with Crippen LogP contribution in [0.4, 0.5) is 0 Å². The molecule has 3 fully saturated rings. The summed E-state index contributed by atoms with van der Waals surface area (Å²) in [4.78, 5) is 12.9. The smallest absolute Gasteiger partial charge is 0.171 e. The summed E-state index contributed by atoms with van der Waals surface area (Å²) in [5, 5.41) is 11.4. The third-order valence-electron chi connectivity index (χ3n) is 11.2. The number of alkyl halides is 1. The Bertz CT molecular complexity index is 975. The predicted molar refractivity (Wildman–Crippen MR) is 136 cm³/mol. The first-order chi connectivity index (χ1) is 16.1. The van der Waals surface area contributed by atoms with Crippen LogP contribution in [0.1, 0.15) is 96.6 Å². The number of carbonyl (C=O) groups is 1. The Morgan fingerprint density at radius 1 is 1.12 bits per heavy atom. The van der Waals surface area contributed by atoms with Crippen molar-refractivity contribution in [3.05, 3.63) is 47.5 Å². The third-order valence-corrected chi connectivity index (χ3v) is 11.5. The molecule has 34 heavy (non-hydrogen) atoms. The van der Waals surface area contributed by atoms with E-state index in [2.05, 4.69) is 26.8 Å². The number of halogens is 1. The number of fused-ring (bicyclic) bond motifs is 5. The fourth-order valence-electron chi connectivity index (χ4n) is 9.13. The Morgan fingerprint density at radius 2 is 1.82 bits per heavy atom. The average Bonchev–Trinajstić information content (AvgIpc) is 3.13. The second kappa shape index (κ2) is 8.46. The normalized spacial score (nSPS) is 44.4. The number of aliphatic hydroxyl groups is 1. The molecule has 1 N–H and O–H groups in total. The van der Waals surface area contributed by atoms with Crippen molar-refractivity contribution in [2.45, 2.75) is 96.8 Å². The maximum Gasteiger partial charge on any atom is 0.171 e. The molecule has 1 aromatic carbocycles. The fraction of sp³-hybridized carbons (Fsp3) is 0.700. The highest BCUT2D eigenvalue weighted by molar-refractivity contribution is 6.19. The van der Waals surface area contributed by atoms with Gasteiger partial charge >= 0.3 is 0 Å². The van der Waals surface area contributed by atoms with E-state index in [0.717, 1.165) is 37.7 Å². The fourth-order valence-corrected chi connectivity index (χ4v) is 9.44. The molecule has 1 aromatic rings. The summed E-state index contributed by atoms with van der Waals surface area (Å²) in [5.41, 5.74) is 1.66. The second-order valence-electron chi connectivity index (χ2n) is 12.2. The quantitative estimate of drug-likeness (QED) is 0.266. The largest absolute Gasteiger partial charge is 0.365 e. The number of benzene rings is 1. The number of carbonyl (C=O) groups excluding carboxylic acids is 1. The van der Waals surface area contributed by atoms with E-state index in [0.29, 0.717) is 36.4 Å². The van der Waals surface area contributed by atoms with Crippen LogP contribution in [0.5, 0.6) is 0 Å². The van der Waals surface area contributed by atoms with Crippen LogP contribution in [0.15, 0.2) is 42.0 Å². The number of hydrogen-bond acceptors (Lipinski definition) is 3. The Balaban J connectivity index is 1.37. The van der Waals surface area contributed by atoms with E-state index in [1.54, 1.807) is 0 Å². The topological polar surface area (TPSA) is 46.5 Å². The van der Waals surface area contributed by atoms with Crippen LogP contribution in [-0.4, -0.2) is 16.7 Å². The molecule has 4 aliphatic rings. The van der Waals surface area contributed by atoms with Gasteiger partial charge in [0.05, 0.1) is 0 Å². The minimum Gasteiger partial charge on any atom is -0.365 e. The number of allylic oxidation sites excluding steroid dienone is 1. The Labute approximate surface area is 210 Å². The van der Waals surface area contributed by atoms with Gasteiger partial charge in [-0.1, -0.05) is 74.4 Å². The van der Waals surface area contributed by atoms with Gasteiger partial charge in [0.2, 0.25) is 0 Å². The van der Waals surface area contributed by atoms with Crippen LogP contribution in [0.3, 0.4) is 0 Å². The Hall–Kier alpha value is -1.16. The van der Waals surface area contributed by atoms with Gasteiger partial charge in [-0.2, -0.15) is 0 Å². The molecular formula is C30H41ClO3. The monoisotopic (exact) mass is 484 g/mol. The maximum atomic E-state index is 12.9. The van der Waals surface area contributed by atoms with Gasteiger partial charge in [0.1, 0.15) is 5.78 Å². The molecule has 0 saturated heterocycles. The highest BCUT2D eigenvalue weighted by Gasteiger charge is 2.65. The lowest BCUT2D eigenvalue weighted by molar-refractivity contribution is -0.235. The molecule has 8 atom stereocenters. The number of ether oxygens (including phenoxy) is 1. The van der Waals surface area contributed by atoms with E-state index < -0.39 is 11.4 Å². The van der Waals surface area contributed by atoms with Crippen LogP contribution in [0.2, 0.25) is 0 Å². The van der Waals surface area contributed by atoms with Crippen LogP contribution in [0.25, 0.3) is 0 Å². The van der Waals surface area contributed by atoms with Gasteiger partial charge < -0.3 is 9.84 Å². The zero-order chi connectivity index (χ0) is 24.4. The summed E-state index contributed by atoms with van der Waals surface area (Å²) in [5.74, 6) is 1.06. The van der Waals surface area contributed by atoms with Gasteiger partial charge in [-0.05, 0) is 86.0 Å². The van der Waals surface area contributed by atoms with Gasteiger partial charge in [-0.25, -0.2) is 0 Å². The van der Waals surface area contributed by atoms with Gasteiger partial charge in [0.25, 0.3) is 0 Å². The van der Waals surface area contributed by atoms with Crippen LogP contribution in [0, 0.1) is 34.0 Å². The van der Waals surface area contributed by atoms with E-state index in [-0.39, 0.29) is 16.2 Å². The number of rotatable bonds is 5. The van der Waals surface area contributed by atoms with Crippen molar-refractivity contribution < 1.29 is 14.6 Å². The maximum absolute atomic E-state index is 12.9. The zero-order valence-corrected chi connectivity index (χ0v) is 22.0. The van der Waals surface area contributed by atoms with Gasteiger partial charge in [0.15, 0.2) is 11.4 Å². The van der Waals surface area contributed by atoms with E-state index in [1.807, 2.05) is 37.3 Å². The lowest BCUT2D eigenvalue weighted by atomic mass is 9.45. The number of Topliss-reactive ketones (excluding diaryl/α,β-unsaturated/α-hetero) is 1. The Kier molecular flexibility index (Phi) is 6.10. The van der Waals surface area contributed by atoms with E-state index in [4.69, 9.17) is 16.3 Å². The molecule has 5 rings (SSSR count). The second-order valence-corrected chi connectivity index (χ2v) is 12.6. The van der Waals surface area contributed by atoms with Crippen molar-refractivity contribution in [3.8, 4) is 0 Å². The lowest BCUT2D eigenvalue weighted by Crippen LogP contribution is -2.55. The van der Waals surface area contributed by atoms with Crippen molar-refractivity contribution in [1.29, 1.82) is 0 Å². The summed E-state index contributed by atoms with van der Waals surface area (Å²) in [6.07, 6.45) is 11.1. The Morgan fingerprint density at radius 3 is 2.50 bits per heavy atom. The number of hydrogen-bond donors (Lipinski definition) is 1. The number of ketones is 1. The molecule has 0 heterocycles. The molecule has 3 saturated carbocycles. The van der Waals surface area contributed by atoms with Crippen molar-refractivity contribution in [1.82, 2.24) is 0 Å². The van der Waals surface area contributed by atoms with E-state index in [1.165, 1.54) is 18.4 Å². The summed E-state index contributed by atoms with van der Waals surface area (Å²) in [7, 11) is 0. The SMILES string of the molecule is CC[C@]1(C(C)=O)CC[C@H]2[C@@H]3CC=C4CC(O)(OC(Cl)c5ccccc5)CC[C@]4(C)[C@H]3CC[C@@]21C. The first-order valence-corrected chi connectivity index (χ1v) is 13.8. The highest BCUT2D eigenvalue weighted by atomic mass is 35.5. The molecule has 0 bridgehead atoms. The predicted octanol–water partition coefficient (Wildman–Crippen LogP) is 7.58. The molecule has 4 aliphatic carbocycles. The molecule has 4 heteroatoms. The molecule has 0 radical (unpaired) electrons. The first-order valence-electron chi connectivity index (χ1n) is 13.4. The summed E-state index contributed by atoms with van der Waals surface area (Å²) in [6, 6.07) is 9.72. The van der Waals surface area contributed by atoms with Crippen LogP contribution in [-0.2, 0) is 9.53 Å². The van der Waals surface area contributed by atoms with Gasteiger partial charge in [-0.15, -0.1) is 0 Å².